The summed E-state index contributed by atoms with van der Waals surface area (Å²) in [5, 5.41) is 0. The van der Waals surface area contributed by atoms with E-state index in [0.29, 0.717) is 31.8 Å². The zero-order valence-electron chi connectivity index (χ0n) is 11.0. The van der Waals surface area contributed by atoms with E-state index in [0.717, 1.165) is 12.1 Å². The number of halogens is 3. The highest BCUT2D eigenvalue weighted by Crippen LogP contribution is 2.27. The molecule has 0 aromatic heterocycles. The van der Waals surface area contributed by atoms with Gasteiger partial charge in [-0.05, 0) is 24.1 Å². The Bertz CT molecular complexity index is 595. The smallest absolute Gasteiger partial charge is 0.194 e. The Morgan fingerprint density at radius 1 is 1.24 bits per heavy atom. The minimum atomic E-state index is -1.50. The quantitative estimate of drug-likeness (QED) is 0.807. The normalized spacial score (nSPS) is 22.2. The maximum atomic E-state index is 13.3. The number of hydrogen-bond acceptors (Lipinski definition) is 4. The zero-order chi connectivity index (χ0) is 15.0. The van der Waals surface area contributed by atoms with Gasteiger partial charge in [-0.15, -0.1) is 0 Å². The lowest BCUT2D eigenvalue weighted by molar-refractivity contribution is -0.114. The van der Waals surface area contributed by atoms with Gasteiger partial charge in [-0.3, -0.25) is 15.1 Å². The highest BCUT2D eigenvalue weighted by molar-refractivity contribution is 5.90. The van der Waals surface area contributed by atoms with Crippen LogP contribution >= 0.6 is 0 Å². The van der Waals surface area contributed by atoms with Crippen molar-refractivity contribution in [2.45, 2.75) is 18.9 Å². The van der Waals surface area contributed by atoms with Crippen LogP contribution in [0.3, 0.4) is 0 Å². The van der Waals surface area contributed by atoms with Gasteiger partial charge in [-0.1, -0.05) is 0 Å². The summed E-state index contributed by atoms with van der Waals surface area (Å²) in [6, 6.07) is 1.84. The molecule has 1 atom stereocenters. The number of rotatable bonds is 1. The molecule has 4 nitrogen and oxygen atoms in total. The highest BCUT2D eigenvalue weighted by atomic mass is 19.2. The van der Waals surface area contributed by atoms with Crippen LogP contribution in [0, 0.1) is 17.5 Å². The molecule has 1 fully saturated rings. The molecule has 0 spiro atoms. The van der Waals surface area contributed by atoms with Crippen LogP contribution in [0.5, 0.6) is 0 Å². The van der Waals surface area contributed by atoms with Crippen LogP contribution in [0.1, 0.15) is 24.5 Å². The van der Waals surface area contributed by atoms with Gasteiger partial charge in [-0.25, -0.2) is 13.2 Å². The lowest BCUT2D eigenvalue weighted by atomic mass is 10.1. The Morgan fingerprint density at radius 2 is 1.95 bits per heavy atom. The van der Waals surface area contributed by atoms with Crippen LogP contribution in [0.15, 0.2) is 24.0 Å². The second kappa shape index (κ2) is 5.40. The van der Waals surface area contributed by atoms with Gasteiger partial charge in [0.2, 0.25) is 0 Å². The molecular formula is C14H13F3N2O2. The summed E-state index contributed by atoms with van der Waals surface area (Å²) in [5.74, 6) is -3.46. The number of allylic oxidation sites excluding steroid dienone is 1. The largest absolute Gasteiger partial charge is 0.354 e. The van der Waals surface area contributed by atoms with Crippen molar-refractivity contribution in [1.29, 1.82) is 0 Å². The third-order valence-corrected chi connectivity index (χ3v) is 3.56. The summed E-state index contributed by atoms with van der Waals surface area (Å²) in [5.41, 5.74) is 2.82. The Morgan fingerprint density at radius 3 is 2.67 bits per heavy atom. The number of hydrogen-bond donors (Lipinski definition) is 1. The molecule has 0 bridgehead atoms. The van der Waals surface area contributed by atoms with Crippen molar-refractivity contribution in [2.24, 2.45) is 0 Å². The van der Waals surface area contributed by atoms with Gasteiger partial charge >= 0.3 is 0 Å². The molecule has 1 saturated heterocycles. The van der Waals surface area contributed by atoms with E-state index in [1.54, 1.807) is 0 Å². The molecule has 0 saturated carbocycles. The first kappa shape index (κ1) is 13.9. The number of nitrogens with one attached hydrogen (secondary N) is 1. The van der Waals surface area contributed by atoms with E-state index in [9.17, 15) is 18.0 Å². The second-order valence-corrected chi connectivity index (χ2v) is 5.05. The van der Waals surface area contributed by atoms with Crippen molar-refractivity contribution in [1.82, 2.24) is 10.4 Å². The minimum absolute atomic E-state index is 0.000853. The van der Waals surface area contributed by atoms with Crippen molar-refractivity contribution in [3.63, 3.8) is 0 Å². The molecule has 21 heavy (non-hydrogen) atoms. The summed E-state index contributed by atoms with van der Waals surface area (Å²) in [4.78, 5) is 18.7. The third kappa shape index (κ3) is 2.73. The number of benzene rings is 1. The minimum Gasteiger partial charge on any atom is -0.354 e. The zero-order valence-corrected chi connectivity index (χ0v) is 11.0. The third-order valence-electron chi connectivity index (χ3n) is 3.56. The molecule has 1 N–H and O–H groups in total. The van der Waals surface area contributed by atoms with Crippen LogP contribution in [0.2, 0.25) is 0 Å². The topological polar surface area (TPSA) is 41.6 Å². The Kier molecular flexibility index (Phi) is 3.59. The monoisotopic (exact) mass is 298 g/mol. The number of carbonyl (C=O) groups excluding carboxylic acids is 1. The molecule has 7 heteroatoms. The summed E-state index contributed by atoms with van der Waals surface area (Å²) in [6.45, 7) is 0.965. The van der Waals surface area contributed by atoms with Crippen LogP contribution < -0.4 is 5.48 Å². The van der Waals surface area contributed by atoms with Gasteiger partial charge in [0.1, 0.15) is 11.9 Å². The predicted molar refractivity (Wildman–Crippen MR) is 67.2 cm³/mol. The van der Waals surface area contributed by atoms with Gasteiger partial charge in [0, 0.05) is 19.0 Å². The van der Waals surface area contributed by atoms with Gasteiger partial charge in [0.05, 0.1) is 6.54 Å². The molecule has 2 aliphatic rings. The van der Waals surface area contributed by atoms with Crippen LogP contribution in [-0.4, -0.2) is 23.8 Å². The molecule has 0 amide bonds. The SMILES string of the molecule is O=C1C=C2NOC(c3cc(F)c(F)c(F)c3)CN2CCC1. The first-order valence-electron chi connectivity index (χ1n) is 6.60. The molecule has 3 rings (SSSR count). The van der Waals surface area contributed by atoms with Crippen LogP contribution in [0.4, 0.5) is 13.2 Å². The molecule has 0 aliphatic carbocycles. The summed E-state index contributed by atoms with van der Waals surface area (Å²) in [7, 11) is 0. The summed E-state index contributed by atoms with van der Waals surface area (Å²) < 4.78 is 39.5. The lowest BCUT2D eigenvalue weighted by Crippen LogP contribution is -2.42. The van der Waals surface area contributed by atoms with Gasteiger partial charge in [0.25, 0.3) is 0 Å². The molecule has 2 heterocycles. The lowest BCUT2D eigenvalue weighted by Gasteiger charge is -2.36. The number of nitrogens with zero attached hydrogens (tertiary/aromatic N) is 1. The first-order valence-corrected chi connectivity index (χ1v) is 6.60. The maximum Gasteiger partial charge on any atom is 0.194 e. The highest BCUT2D eigenvalue weighted by Gasteiger charge is 2.28. The Balaban J connectivity index is 1.83. The van der Waals surface area contributed by atoms with E-state index >= 15 is 0 Å². The van der Waals surface area contributed by atoms with E-state index in [2.05, 4.69) is 5.48 Å². The maximum absolute atomic E-state index is 13.3. The van der Waals surface area contributed by atoms with Gasteiger partial charge in [-0.2, -0.15) is 0 Å². The van der Waals surface area contributed by atoms with Crippen molar-refractivity contribution >= 4 is 5.78 Å². The standard InChI is InChI=1S/C14H13F3N2O2/c15-10-4-8(5-11(16)14(10)17)12-7-19-3-1-2-9(20)6-13(19)18-21-12/h4-6,12,18H,1-3,7H2. The molecule has 1 aromatic rings. The molecular weight excluding hydrogens is 285 g/mol. The van der Waals surface area contributed by atoms with Crippen LogP contribution in [0.25, 0.3) is 0 Å². The Labute approximate surface area is 119 Å². The predicted octanol–water partition coefficient (Wildman–Crippen LogP) is 2.19. The average Bonchev–Trinajstić information content (AvgIpc) is 2.64. The van der Waals surface area contributed by atoms with Crippen molar-refractivity contribution in [3.8, 4) is 0 Å². The Hall–Kier alpha value is -2.02. The molecule has 112 valence electrons. The van der Waals surface area contributed by atoms with Crippen molar-refractivity contribution < 1.29 is 22.8 Å². The molecule has 2 aliphatic heterocycles. The van der Waals surface area contributed by atoms with Gasteiger partial charge in [0.15, 0.2) is 23.2 Å². The number of ketones is 1. The summed E-state index contributed by atoms with van der Waals surface area (Å²) >= 11 is 0. The molecule has 1 unspecified atom stereocenters. The fourth-order valence-electron chi connectivity index (χ4n) is 2.47. The van der Waals surface area contributed by atoms with Crippen molar-refractivity contribution in [3.05, 3.63) is 47.0 Å². The molecule has 1 aromatic carbocycles. The summed E-state index contributed by atoms with van der Waals surface area (Å²) in [6.07, 6.45) is 1.94. The fourth-order valence-corrected chi connectivity index (χ4v) is 2.47. The van der Waals surface area contributed by atoms with E-state index in [4.69, 9.17) is 4.84 Å². The van der Waals surface area contributed by atoms with E-state index in [1.807, 2.05) is 4.90 Å². The molecule has 0 radical (unpaired) electrons. The van der Waals surface area contributed by atoms with E-state index in [1.165, 1.54) is 6.08 Å². The number of hydroxylamine groups is 1. The average molecular weight is 298 g/mol. The number of fused-ring (bicyclic) bond motifs is 1. The fraction of sp³-hybridized carbons (Fsp3) is 0.357. The van der Waals surface area contributed by atoms with E-state index < -0.39 is 23.6 Å². The van der Waals surface area contributed by atoms with E-state index in [-0.39, 0.29) is 11.3 Å². The second-order valence-electron chi connectivity index (χ2n) is 5.05. The van der Waals surface area contributed by atoms with Crippen molar-refractivity contribution in [2.75, 3.05) is 13.1 Å². The first-order chi connectivity index (χ1) is 10.0. The number of carbonyl (C=O) groups is 1. The van der Waals surface area contributed by atoms with Gasteiger partial charge < -0.3 is 4.90 Å². The van der Waals surface area contributed by atoms with Crippen LogP contribution in [-0.2, 0) is 9.63 Å².